The van der Waals surface area contributed by atoms with E-state index in [0.717, 1.165) is 32.5 Å². The number of nitrogens with zero attached hydrogens (tertiary/aromatic N) is 5. The largest absolute Gasteiger partial charge is 0.372 e. The number of rotatable bonds is 5. The van der Waals surface area contributed by atoms with E-state index in [-0.39, 0.29) is 23.9 Å². The lowest BCUT2D eigenvalue weighted by atomic mass is 10.0. The van der Waals surface area contributed by atoms with E-state index in [1.54, 1.807) is 35.9 Å². The molecule has 39 heavy (non-hydrogen) atoms. The van der Waals surface area contributed by atoms with Gasteiger partial charge in [-0.3, -0.25) is 19.6 Å². The van der Waals surface area contributed by atoms with E-state index in [4.69, 9.17) is 16.2 Å². The summed E-state index contributed by atoms with van der Waals surface area (Å²) in [5.74, 6) is -0.00712. The highest BCUT2D eigenvalue weighted by Crippen LogP contribution is 2.22. The van der Waals surface area contributed by atoms with Crippen LogP contribution in [0.5, 0.6) is 0 Å². The molecule has 5 heterocycles. The minimum absolute atomic E-state index is 0.162. The number of piperidine rings is 1. The normalized spacial score (nSPS) is 22.6. The van der Waals surface area contributed by atoms with Gasteiger partial charge in [-0.1, -0.05) is 12.1 Å². The second-order valence-corrected chi connectivity index (χ2v) is 11.4. The third kappa shape index (κ3) is 6.30. The summed E-state index contributed by atoms with van der Waals surface area (Å²) in [4.78, 5) is 48.5. The Morgan fingerprint density at radius 3 is 2.49 bits per heavy atom. The van der Waals surface area contributed by atoms with E-state index in [1.165, 1.54) is 10.1 Å². The van der Waals surface area contributed by atoms with E-state index >= 15 is 0 Å². The van der Waals surface area contributed by atoms with Crippen LogP contribution in [0.15, 0.2) is 41.3 Å². The van der Waals surface area contributed by atoms with E-state index in [2.05, 4.69) is 15.2 Å². The van der Waals surface area contributed by atoms with Crippen molar-refractivity contribution in [2.75, 3.05) is 44.6 Å². The van der Waals surface area contributed by atoms with E-state index in [1.807, 2.05) is 24.3 Å². The third-order valence-electron chi connectivity index (χ3n) is 7.61. The molecule has 5 N–H and O–H groups in total. The van der Waals surface area contributed by atoms with Crippen LogP contribution in [0.2, 0.25) is 0 Å². The molecular formula is C27H38N8O4. The Balaban J connectivity index is 1.21. The Morgan fingerprint density at radius 1 is 1.10 bits per heavy atom. The van der Waals surface area contributed by atoms with Gasteiger partial charge >= 0.3 is 11.7 Å². The summed E-state index contributed by atoms with van der Waals surface area (Å²) in [6.45, 7) is 7.54. The molecule has 4 fully saturated rings. The lowest BCUT2D eigenvalue weighted by Crippen LogP contribution is -2.60. The number of morpholine rings is 1. The van der Waals surface area contributed by atoms with Gasteiger partial charge < -0.3 is 26.0 Å². The van der Waals surface area contributed by atoms with Crippen molar-refractivity contribution in [3.63, 3.8) is 0 Å². The zero-order valence-electron chi connectivity index (χ0n) is 22.6. The van der Waals surface area contributed by atoms with Crippen LogP contribution in [-0.2, 0) is 16.1 Å². The molecule has 1 aromatic carbocycles. The summed E-state index contributed by atoms with van der Waals surface area (Å²) < 4.78 is 7.27. The van der Waals surface area contributed by atoms with Gasteiger partial charge in [0.2, 0.25) is 5.91 Å². The van der Waals surface area contributed by atoms with Crippen molar-refractivity contribution in [1.82, 2.24) is 24.3 Å². The second-order valence-electron chi connectivity index (χ2n) is 11.4. The average molecular weight is 539 g/mol. The maximum absolute atomic E-state index is 13.1. The van der Waals surface area contributed by atoms with Gasteiger partial charge in [0.05, 0.1) is 36.5 Å². The number of nitrogens with one attached hydrogen (secondary N) is 1. The number of aromatic nitrogens is 2. The standard InChI is InChI=1S/C27H38N8O4/c1-27(2,29)24(36)35-16-22-15-33(14-21(35)17-39-22)25(37)30-23-9-12-34(26(38)31-23)20-5-3-18(4-6-20)13-32-10-7-19(28)8-11-32/h3-6,9,12,19,21-22H,7-8,10-11,13-17,28-29H2,1-2H3,(H,30,31,37,38). The first-order valence-corrected chi connectivity index (χ1v) is 13.5. The summed E-state index contributed by atoms with van der Waals surface area (Å²) in [5.41, 5.74) is 12.4. The average Bonchev–Trinajstić information content (AvgIpc) is 3.22. The van der Waals surface area contributed by atoms with Crippen molar-refractivity contribution in [1.29, 1.82) is 0 Å². The van der Waals surface area contributed by atoms with E-state index in [9.17, 15) is 14.4 Å². The lowest BCUT2D eigenvalue weighted by molar-refractivity contribution is -0.146. The van der Waals surface area contributed by atoms with Crippen molar-refractivity contribution in [2.45, 2.75) is 57.0 Å². The SMILES string of the molecule is CC(C)(N)C(=O)N1CC2CN(C(=O)Nc3ccn(-c4ccc(CN5CCC(N)CC5)cc4)c(=O)n3)CC1CO2. The zero-order valence-corrected chi connectivity index (χ0v) is 22.6. The number of carbonyl (C=O) groups is 2. The molecule has 4 aliphatic heterocycles. The summed E-state index contributed by atoms with van der Waals surface area (Å²) in [7, 11) is 0. The van der Waals surface area contributed by atoms with E-state index in [0.29, 0.717) is 38.0 Å². The number of hydrogen-bond acceptors (Lipinski definition) is 8. The molecule has 4 saturated heterocycles. The van der Waals surface area contributed by atoms with Crippen LogP contribution < -0.4 is 22.5 Å². The van der Waals surface area contributed by atoms with Gasteiger partial charge in [-0.2, -0.15) is 4.98 Å². The Morgan fingerprint density at radius 2 is 1.82 bits per heavy atom. The van der Waals surface area contributed by atoms with Crippen LogP contribution >= 0.6 is 0 Å². The molecule has 4 aliphatic rings. The molecule has 3 amide bonds. The number of benzene rings is 1. The fourth-order valence-electron chi connectivity index (χ4n) is 5.37. The Labute approximate surface area is 227 Å². The topological polar surface area (TPSA) is 152 Å². The van der Waals surface area contributed by atoms with E-state index < -0.39 is 17.3 Å². The highest BCUT2D eigenvalue weighted by molar-refractivity contribution is 5.89. The van der Waals surface area contributed by atoms with Gasteiger partial charge in [-0.05, 0) is 63.5 Å². The minimum atomic E-state index is -1.01. The Bertz CT molecular complexity index is 1250. The Kier molecular flexibility index (Phi) is 7.72. The predicted molar refractivity (Wildman–Crippen MR) is 146 cm³/mol. The highest BCUT2D eigenvalue weighted by atomic mass is 16.5. The van der Waals surface area contributed by atoms with Crippen LogP contribution in [0.1, 0.15) is 32.3 Å². The van der Waals surface area contributed by atoms with Gasteiger partial charge in [-0.25, -0.2) is 9.59 Å². The molecule has 2 bridgehead atoms. The van der Waals surface area contributed by atoms with Crippen LogP contribution in [-0.4, -0.2) is 99.2 Å². The molecule has 2 atom stereocenters. The molecular weight excluding hydrogens is 500 g/mol. The van der Waals surface area contributed by atoms with Crippen molar-refractivity contribution in [3.8, 4) is 5.69 Å². The molecule has 0 saturated carbocycles. The third-order valence-corrected chi connectivity index (χ3v) is 7.61. The zero-order chi connectivity index (χ0) is 27.7. The van der Waals surface area contributed by atoms with Crippen LogP contribution in [0.3, 0.4) is 0 Å². The number of nitrogens with two attached hydrogens (primary N) is 2. The van der Waals surface area contributed by atoms with Crippen molar-refractivity contribution >= 4 is 17.8 Å². The monoisotopic (exact) mass is 538 g/mol. The molecule has 210 valence electrons. The Hall–Kier alpha value is -3.32. The van der Waals surface area contributed by atoms with Gasteiger partial charge in [-0.15, -0.1) is 0 Å². The molecule has 6 rings (SSSR count). The summed E-state index contributed by atoms with van der Waals surface area (Å²) in [5, 5.41) is 2.72. The highest BCUT2D eigenvalue weighted by Gasteiger charge is 2.42. The number of hydrogen-bond donors (Lipinski definition) is 3. The van der Waals surface area contributed by atoms with Gasteiger partial charge in [0, 0.05) is 31.9 Å². The summed E-state index contributed by atoms with van der Waals surface area (Å²) >= 11 is 0. The lowest BCUT2D eigenvalue weighted by Gasteiger charge is -2.39. The molecule has 2 unspecified atom stereocenters. The molecule has 0 radical (unpaired) electrons. The number of ether oxygens (including phenoxy) is 1. The molecule has 12 nitrogen and oxygen atoms in total. The smallest absolute Gasteiger partial charge is 0.354 e. The number of likely N-dealkylation sites (tertiary alicyclic amines) is 1. The van der Waals surface area contributed by atoms with Crippen molar-refractivity contribution < 1.29 is 14.3 Å². The fourth-order valence-corrected chi connectivity index (χ4v) is 5.37. The first-order valence-electron chi connectivity index (χ1n) is 13.5. The number of anilines is 1. The minimum Gasteiger partial charge on any atom is -0.372 e. The maximum atomic E-state index is 13.1. The number of amides is 3. The second kappa shape index (κ2) is 11.0. The van der Waals surface area contributed by atoms with Crippen molar-refractivity contribution in [3.05, 3.63) is 52.6 Å². The first kappa shape index (κ1) is 27.3. The maximum Gasteiger partial charge on any atom is 0.354 e. The fraction of sp³-hybridized carbons (Fsp3) is 0.556. The van der Waals surface area contributed by atoms with Crippen LogP contribution in [0.4, 0.5) is 10.6 Å². The van der Waals surface area contributed by atoms with Gasteiger partial charge in [0.25, 0.3) is 0 Å². The molecule has 1 aromatic heterocycles. The predicted octanol–water partition coefficient (Wildman–Crippen LogP) is 0.336. The first-order chi connectivity index (χ1) is 18.6. The molecule has 0 aliphatic carbocycles. The summed E-state index contributed by atoms with van der Waals surface area (Å²) in [6, 6.07) is 9.03. The quantitative estimate of drug-likeness (QED) is 0.493. The molecule has 0 spiro atoms. The number of urea groups is 1. The van der Waals surface area contributed by atoms with Gasteiger partial charge in [0.15, 0.2) is 0 Å². The number of carbonyl (C=O) groups excluding carboxylic acids is 2. The molecule has 12 heteroatoms. The number of fused-ring (bicyclic) bond motifs is 4. The van der Waals surface area contributed by atoms with Crippen LogP contribution in [0, 0.1) is 0 Å². The van der Waals surface area contributed by atoms with Crippen molar-refractivity contribution in [2.24, 2.45) is 11.5 Å². The van der Waals surface area contributed by atoms with Gasteiger partial charge in [0.1, 0.15) is 5.82 Å². The summed E-state index contributed by atoms with van der Waals surface area (Å²) in [6.07, 6.45) is 3.32. The van der Waals surface area contributed by atoms with Crippen LogP contribution in [0.25, 0.3) is 5.69 Å². The molecule has 2 aromatic rings.